The number of imidazole rings is 1. The molecule has 0 atom stereocenters. The van der Waals surface area contributed by atoms with Gasteiger partial charge in [0, 0.05) is 57.1 Å². The summed E-state index contributed by atoms with van der Waals surface area (Å²) in [6.07, 6.45) is 6.72. The second-order valence-electron chi connectivity index (χ2n) is 9.86. The highest BCUT2D eigenvalue weighted by molar-refractivity contribution is 5.85. The van der Waals surface area contributed by atoms with Crippen molar-refractivity contribution in [3.05, 3.63) is 60.4 Å². The number of rotatable bonds is 8. The maximum Gasteiger partial charge on any atom is 0.222 e. The Kier molecular flexibility index (Phi) is 6.44. The lowest BCUT2D eigenvalue weighted by Gasteiger charge is -2.34. The van der Waals surface area contributed by atoms with Gasteiger partial charge in [0.25, 0.3) is 0 Å². The van der Waals surface area contributed by atoms with Crippen LogP contribution in [0.15, 0.2) is 54.9 Å². The Bertz CT molecular complexity index is 1410. The van der Waals surface area contributed by atoms with Crippen LogP contribution >= 0.6 is 0 Å². The molecule has 9 heteroatoms. The Hall–Kier alpha value is -3.98. The summed E-state index contributed by atoms with van der Waals surface area (Å²) >= 11 is 0. The van der Waals surface area contributed by atoms with Gasteiger partial charge >= 0.3 is 0 Å². The van der Waals surface area contributed by atoms with Gasteiger partial charge in [-0.3, -0.25) is 9.69 Å². The van der Waals surface area contributed by atoms with Gasteiger partial charge in [-0.25, -0.2) is 15.0 Å². The largest absolute Gasteiger partial charge is 0.481 e. The number of nitrogens with zero attached hydrogens (tertiary/aromatic N) is 5. The molecular formula is C28H31N7O2. The molecular weight excluding hydrogens is 466 g/mol. The summed E-state index contributed by atoms with van der Waals surface area (Å²) in [4.78, 5) is 33.6. The van der Waals surface area contributed by atoms with Gasteiger partial charge in [-0.15, -0.1) is 0 Å². The molecule has 3 aromatic heterocycles. The van der Waals surface area contributed by atoms with Gasteiger partial charge in [-0.2, -0.15) is 0 Å². The number of piperazine rings is 1. The molecule has 1 aliphatic carbocycles. The van der Waals surface area contributed by atoms with Gasteiger partial charge < -0.3 is 19.9 Å². The van der Waals surface area contributed by atoms with Crippen LogP contribution in [-0.2, 0) is 11.3 Å². The van der Waals surface area contributed by atoms with Crippen molar-refractivity contribution < 1.29 is 9.53 Å². The molecule has 37 heavy (non-hydrogen) atoms. The minimum Gasteiger partial charge on any atom is -0.481 e. The zero-order valence-electron chi connectivity index (χ0n) is 21.0. The number of anilines is 2. The summed E-state index contributed by atoms with van der Waals surface area (Å²) in [5, 5.41) is 3.31. The molecule has 190 valence electrons. The molecule has 4 heterocycles. The lowest BCUT2D eigenvalue weighted by molar-refractivity contribution is -0.133. The summed E-state index contributed by atoms with van der Waals surface area (Å²) < 4.78 is 5.41. The quantitative estimate of drug-likeness (QED) is 0.376. The maximum absolute atomic E-state index is 12.4. The van der Waals surface area contributed by atoms with Crippen molar-refractivity contribution in [1.82, 2.24) is 29.7 Å². The van der Waals surface area contributed by atoms with E-state index in [0.717, 1.165) is 67.1 Å². The summed E-state index contributed by atoms with van der Waals surface area (Å²) in [7, 11) is 1.63. The van der Waals surface area contributed by atoms with Crippen molar-refractivity contribution in [3.8, 4) is 17.0 Å². The normalized spacial score (nSPS) is 16.2. The number of H-pyrrole nitrogens is 1. The summed E-state index contributed by atoms with van der Waals surface area (Å²) in [5.74, 6) is 2.94. The smallest absolute Gasteiger partial charge is 0.222 e. The molecule has 0 unspecified atom stereocenters. The number of hydrogen-bond donors (Lipinski definition) is 2. The van der Waals surface area contributed by atoms with Crippen LogP contribution in [0, 0.1) is 5.92 Å². The predicted octanol–water partition coefficient (Wildman–Crippen LogP) is 4.22. The van der Waals surface area contributed by atoms with Crippen LogP contribution in [0.3, 0.4) is 0 Å². The number of aromatic nitrogens is 4. The third-order valence-corrected chi connectivity index (χ3v) is 7.12. The molecule has 9 nitrogen and oxygen atoms in total. The van der Waals surface area contributed by atoms with Crippen molar-refractivity contribution in [2.24, 2.45) is 5.92 Å². The highest BCUT2D eigenvalue weighted by atomic mass is 16.5. The van der Waals surface area contributed by atoms with Crippen LogP contribution in [0.25, 0.3) is 22.2 Å². The molecule has 0 radical (unpaired) electrons. The maximum atomic E-state index is 12.4. The summed E-state index contributed by atoms with van der Waals surface area (Å²) in [6.45, 7) is 4.25. The lowest BCUT2D eigenvalue weighted by atomic mass is 10.1. The van der Waals surface area contributed by atoms with Crippen molar-refractivity contribution in [2.45, 2.75) is 25.8 Å². The fourth-order valence-electron chi connectivity index (χ4n) is 4.88. The number of carbonyl (C=O) groups is 1. The number of amides is 1. The number of aromatic amines is 1. The number of fused-ring (bicyclic) bond motifs is 1. The molecule has 1 aromatic carbocycles. The Labute approximate surface area is 215 Å². The second-order valence-corrected chi connectivity index (χ2v) is 9.86. The summed E-state index contributed by atoms with van der Waals surface area (Å²) in [5.41, 5.74) is 4.88. The fourth-order valence-corrected chi connectivity index (χ4v) is 4.88. The molecule has 6 rings (SSSR count). The third-order valence-electron chi connectivity index (χ3n) is 7.12. The number of benzene rings is 1. The summed E-state index contributed by atoms with van der Waals surface area (Å²) in [6, 6.07) is 14.0. The monoisotopic (exact) mass is 497 g/mol. The van der Waals surface area contributed by atoms with Gasteiger partial charge in [0.05, 0.1) is 18.1 Å². The van der Waals surface area contributed by atoms with Crippen molar-refractivity contribution in [2.75, 3.05) is 38.6 Å². The SMILES string of the molecule is COc1ncccc1-c1ccc2nc(Nc3cc(CN4CCN(C(=O)CC5CC5)CC4)ccn3)[nH]c2c1. The molecule has 2 fully saturated rings. The van der Waals surface area contributed by atoms with E-state index in [9.17, 15) is 4.79 Å². The standard InChI is InChI=1S/C28H31N7O2/c1-37-27-22(3-2-9-30-27)21-6-7-23-24(17-21)32-28(31-23)33-25-15-20(8-10-29-25)18-34-11-13-35(14-12-34)26(36)16-19-4-5-19/h2-3,6-10,15,17,19H,4-5,11-14,16,18H2,1H3,(H2,29,31,32,33). The average Bonchev–Trinajstić information content (AvgIpc) is 3.65. The third kappa shape index (κ3) is 5.41. The first-order chi connectivity index (χ1) is 18.1. The highest BCUT2D eigenvalue weighted by Crippen LogP contribution is 2.33. The van der Waals surface area contributed by atoms with E-state index in [2.05, 4.69) is 36.2 Å². The van der Waals surface area contributed by atoms with Crippen molar-refractivity contribution >= 4 is 28.7 Å². The zero-order valence-corrected chi connectivity index (χ0v) is 21.0. The Morgan fingerprint density at radius 3 is 2.76 bits per heavy atom. The minimum absolute atomic E-state index is 0.329. The van der Waals surface area contributed by atoms with E-state index in [0.29, 0.717) is 23.7 Å². The highest BCUT2D eigenvalue weighted by Gasteiger charge is 2.28. The van der Waals surface area contributed by atoms with Crippen LogP contribution in [-0.4, -0.2) is 68.9 Å². The van der Waals surface area contributed by atoms with E-state index in [4.69, 9.17) is 4.74 Å². The Morgan fingerprint density at radius 2 is 1.95 bits per heavy atom. The molecule has 2 N–H and O–H groups in total. The first-order valence-electron chi connectivity index (χ1n) is 12.9. The predicted molar refractivity (Wildman–Crippen MR) is 143 cm³/mol. The number of carbonyl (C=O) groups excluding carboxylic acids is 1. The van der Waals surface area contributed by atoms with E-state index in [1.807, 2.05) is 47.5 Å². The number of nitrogens with one attached hydrogen (secondary N) is 2. The van der Waals surface area contributed by atoms with E-state index in [-0.39, 0.29) is 0 Å². The fraction of sp³-hybridized carbons (Fsp3) is 0.357. The number of methoxy groups -OCH3 is 1. The van der Waals surface area contributed by atoms with E-state index < -0.39 is 0 Å². The van der Waals surface area contributed by atoms with Gasteiger partial charge in [0.1, 0.15) is 5.82 Å². The van der Waals surface area contributed by atoms with Gasteiger partial charge in [0.15, 0.2) is 0 Å². The van der Waals surface area contributed by atoms with E-state index in [1.54, 1.807) is 13.3 Å². The van der Waals surface area contributed by atoms with Gasteiger partial charge in [-0.05, 0) is 66.3 Å². The van der Waals surface area contributed by atoms with Gasteiger partial charge in [-0.1, -0.05) is 6.07 Å². The average molecular weight is 498 g/mol. The lowest BCUT2D eigenvalue weighted by Crippen LogP contribution is -2.48. The number of ether oxygens (including phenoxy) is 1. The first kappa shape index (κ1) is 23.4. The molecule has 0 bridgehead atoms. The topological polar surface area (TPSA) is 99.3 Å². The second kappa shape index (κ2) is 10.2. The van der Waals surface area contributed by atoms with Crippen LogP contribution in [0.4, 0.5) is 11.8 Å². The zero-order chi connectivity index (χ0) is 25.2. The van der Waals surface area contributed by atoms with E-state index in [1.165, 1.54) is 18.4 Å². The van der Waals surface area contributed by atoms with Gasteiger partial charge in [0.2, 0.25) is 17.7 Å². The molecule has 2 aliphatic rings. The van der Waals surface area contributed by atoms with E-state index >= 15 is 0 Å². The molecule has 1 aliphatic heterocycles. The molecule has 1 amide bonds. The number of pyridine rings is 2. The first-order valence-corrected chi connectivity index (χ1v) is 12.9. The molecule has 4 aromatic rings. The van der Waals surface area contributed by atoms with Crippen LogP contribution in [0.2, 0.25) is 0 Å². The van der Waals surface area contributed by atoms with Crippen LogP contribution < -0.4 is 10.1 Å². The Morgan fingerprint density at radius 1 is 1.08 bits per heavy atom. The van der Waals surface area contributed by atoms with Crippen LogP contribution in [0.1, 0.15) is 24.8 Å². The Balaban J connectivity index is 1.10. The molecule has 0 spiro atoms. The van der Waals surface area contributed by atoms with Crippen molar-refractivity contribution in [3.63, 3.8) is 0 Å². The van der Waals surface area contributed by atoms with Crippen LogP contribution in [0.5, 0.6) is 5.88 Å². The molecule has 1 saturated heterocycles. The molecule has 1 saturated carbocycles. The van der Waals surface area contributed by atoms with Crippen molar-refractivity contribution in [1.29, 1.82) is 0 Å². The minimum atomic E-state index is 0.329. The number of hydrogen-bond acceptors (Lipinski definition) is 7.